The van der Waals surface area contributed by atoms with Crippen molar-refractivity contribution in [1.29, 1.82) is 0 Å². The first kappa shape index (κ1) is 23.9. The Kier molecular flexibility index (Phi) is 7.16. The standard InChI is InChI=1S/C24H29ClN2O5S/c1-31-22-15-21(23(32-2)14-20(22)25)26-24(28)17-9-11-27(12-10-17)33(29,30)19-8-7-16-5-3-4-6-18(16)13-19/h7-8,13-15,17H,3-6,9-12H2,1-2H3,(H,26,28). The molecule has 0 spiro atoms. The topological polar surface area (TPSA) is 84.9 Å². The maximum atomic E-state index is 13.2. The minimum Gasteiger partial charge on any atom is -0.495 e. The van der Waals surface area contributed by atoms with Crippen LogP contribution in [0.3, 0.4) is 0 Å². The number of ether oxygens (including phenoxy) is 2. The Hall–Kier alpha value is -2.29. The number of hydrogen-bond donors (Lipinski definition) is 1. The molecule has 0 atom stereocenters. The lowest BCUT2D eigenvalue weighted by molar-refractivity contribution is -0.120. The number of fused-ring (bicyclic) bond motifs is 1. The third kappa shape index (κ3) is 4.98. The lowest BCUT2D eigenvalue weighted by atomic mass is 9.92. The second-order valence-electron chi connectivity index (χ2n) is 8.49. The monoisotopic (exact) mass is 492 g/mol. The summed E-state index contributed by atoms with van der Waals surface area (Å²) >= 11 is 6.13. The number of halogens is 1. The molecule has 0 radical (unpaired) electrons. The van der Waals surface area contributed by atoms with Crippen LogP contribution in [-0.4, -0.2) is 45.9 Å². The smallest absolute Gasteiger partial charge is 0.243 e. The minimum atomic E-state index is -3.58. The van der Waals surface area contributed by atoms with Gasteiger partial charge in [0.05, 0.1) is 29.8 Å². The number of carbonyl (C=O) groups is 1. The first-order chi connectivity index (χ1) is 15.8. The summed E-state index contributed by atoms with van der Waals surface area (Å²) in [4.78, 5) is 13.2. The first-order valence-electron chi connectivity index (χ1n) is 11.2. The molecular weight excluding hydrogens is 464 g/mol. The molecule has 2 aromatic rings. The van der Waals surface area contributed by atoms with Gasteiger partial charge in [-0.3, -0.25) is 4.79 Å². The van der Waals surface area contributed by atoms with Gasteiger partial charge in [0.1, 0.15) is 11.5 Å². The van der Waals surface area contributed by atoms with Gasteiger partial charge in [-0.25, -0.2) is 8.42 Å². The van der Waals surface area contributed by atoms with E-state index in [1.807, 2.05) is 12.1 Å². The summed E-state index contributed by atoms with van der Waals surface area (Å²) in [6, 6.07) is 8.72. The minimum absolute atomic E-state index is 0.177. The fourth-order valence-corrected chi connectivity index (χ4v) is 6.32. The highest BCUT2D eigenvalue weighted by molar-refractivity contribution is 7.89. The van der Waals surface area contributed by atoms with E-state index in [2.05, 4.69) is 5.32 Å². The van der Waals surface area contributed by atoms with Gasteiger partial charge in [0, 0.05) is 31.1 Å². The Labute approximate surface area is 200 Å². The summed E-state index contributed by atoms with van der Waals surface area (Å²) in [6.45, 7) is 0.608. The van der Waals surface area contributed by atoms with Gasteiger partial charge in [-0.2, -0.15) is 4.31 Å². The number of nitrogens with one attached hydrogen (secondary N) is 1. The van der Waals surface area contributed by atoms with Gasteiger partial charge >= 0.3 is 0 Å². The lowest BCUT2D eigenvalue weighted by Gasteiger charge is -2.31. The molecule has 0 saturated carbocycles. The molecule has 4 rings (SSSR count). The summed E-state index contributed by atoms with van der Waals surface area (Å²) in [5, 5.41) is 3.26. The molecule has 1 amide bonds. The van der Waals surface area contributed by atoms with E-state index in [0.29, 0.717) is 53.0 Å². The maximum Gasteiger partial charge on any atom is 0.243 e. The molecule has 0 bridgehead atoms. The number of anilines is 1. The molecule has 7 nitrogen and oxygen atoms in total. The van der Waals surface area contributed by atoms with Crippen LogP contribution in [0.4, 0.5) is 5.69 Å². The van der Waals surface area contributed by atoms with Crippen LogP contribution in [0.2, 0.25) is 5.02 Å². The summed E-state index contributed by atoms with van der Waals surface area (Å²) in [5.74, 6) is 0.384. The SMILES string of the molecule is COc1cc(NC(=O)C2CCN(S(=O)(=O)c3ccc4c(c3)CCCC4)CC2)c(OC)cc1Cl. The second-order valence-corrected chi connectivity index (χ2v) is 10.8. The van der Waals surface area contributed by atoms with E-state index in [-0.39, 0.29) is 11.8 Å². The average molecular weight is 493 g/mol. The molecule has 0 aromatic heterocycles. The number of aryl methyl sites for hydroxylation is 2. The molecule has 2 aromatic carbocycles. The highest BCUT2D eigenvalue weighted by Crippen LogP contribution is 2.36. The molecule has 178 valence electrons. The molecule has 33 heavy (non-hydrogen) atoms. The van der Waals surface area contributed by atoms with E-state index in [4.69, 9.17) is 21.1 Å². The number of methoxy groups -OCH3 is 2. The van der Waals surface area contributed by atoms with Crippen LogP contribution in [0.15, 0.2) is 35.2 Å². The van der Waals surface area contributed by atoms with Crippen LogP contribution in [-0.2, 0) is 27.7 Å². The molecular formula is C24H29ClN2O5S. The van der Waals surface area contributed by atoms with Crippen molar-refractivity contribution in [2.45, 2.75) is 43.4 Å². The van der Waals surface area contributed by atoms with Crippen LogP contribution in [0.5, 0.6) is 11.5 Å². The number of benzene rings is 2. The van der Waals surface area contributed by atoms with Gasteiger partial charge in [0.15, 0.2) is 0 Å². The summed E-state index contributed by atoms with van der Waals surface area (Å²) in [5.41, 5.74) is 2.86. The van der Waals surface area contributed by atoms with Gasteiger partial charge in [-0.1, -0.05) is 17.7 Å². The zero-order valence-corrected chi connectivity index (χ0v) is 20.5. The fraction of sp³-hybridized carbons (Fsp3) is 0.458. The highest BCUT2D eigenvalue weighted by Gasteiger charge is 2.33. The van der Waals surface area contributed by atoms with E-state index < -0.39 is 10.0 Å². The van der Waals surface area contributed by atoms with Crippen molar-refractivity contribution in [3.63, 3.8) is 0 Å². The third-order valence-corrected chi connectivity index (χ3v) is 8.70. The fourth-order valence-electron chi connectivity index (χ4n) is 4.57. The Morgan fingerprint density at radius 2 is 1.67 bits per heavy atom. The van der Waals surface area contributed by atoms with Gasteiger partial charge in [-0.15, -0.1) is 0 Å². The number of nitrogens with zero attached hydrogens (tertiary/aromatic N) is 1. The molecule has 1 N–H and O–H groups in total. The van der Waals surface area contributed by atoms with Crippen molar-refractivity contribution in [1.82, 2.24) is 4.31 Å². The van der Waals surface area contributed by atoms with Gasteiger partial charge in [0.2, 0.25) is 15.9 Å². The van der Waals surface area contributed by atoms with Crippen LogP contribution >= 0.6 is 11.6 Å². The number of piperidine rings is 1. The molecule has 1 saturated heterocycles. The van der Waals surface area contributed by atoms with Crippen molar-refractivity contribution >= 4 is 33.2 Å². The number of amides is 1. The van der Waals surface area contributed by atoms with Crippen molar-refractivity contribution in [2.24, 2.45) is 5.92 Å². The quantitative estimate of drug-likeness (QED) is 0.650. The predicted octanol–water partition coefficient (Wildman–Crippen LogP) is 4.28. The maximum absolute atomic E-state index is 13.2. The second kappa shape index (κ2) is 9.91. The number of hydrogen-bond acceptors (Lipinski definition) is 5. The summed E-state index contributed by atoms with van der Waals surface area (Å²) in [7, 11) is -0.582. The van der Waals surface area contributed by atoms with Crippen molar-refractivity contribution in [2.75, 3.05) is 32.6 Å². The molecule has 1 heterocycles. The lowest BCUT2D eigenvalue weighted by Crippen LogP contribution is -2.41. The molecule has 2 aliphatic rings. The summed E-state index contributed by atoms with van der Waals surface area (Å²) < 4.78 is 38.5. The normalized spacial score (nSPS) is 17.3. The van der Waals surface area contributed by atoms with Crippen LogP contribution in [0.25, 0.3) is 0 Å². The van der Waals surface area contributed by atoms with Gasteiger partial charge in [-0.05, 0) is 61.8 Å². The van der Waals surface area contributed by atoms with Crippen molar-refractivity contribution in [3.8, 4) is 11.5 Å². The Morgan fingerprint density at radius 3 is 2.33 bits per heavy atom. The van der Waals surface area contributed by atoms with Crippen LogP contribution < -0.4 is 14.8 Å². The Morgan fingerprint density at radius 1 is 1.00 bits per heavy atom. The van der Waals surface area contributed by atoms with E-state index in [9.17, 15) is 13.2 Å². The zero-order valence-electron chi connectivity index (χ0n) is 18.9. The third-order valence-electron chi connectivity index (χ3n) is 6.51. The molecule has 1 aliphatic carbocycles. The average Bonchev–Trinajstić information content (AvgIpc) is 2.84. The molecule has 0 unspecified atom stereocenters. The number of rotatable bonds is 6. The van der Waals surface area contributed by atoms with E-state index in [0.717, 1.165) is 31.2 Å². The predicted molar refractivity (Wildman–Crippen MR) is 128 cm³/mol. The number of sulfonamides is 1. The van der Waals surface area contributed by atoms with E-state index >= 15 is 0 Å². The van der Waals surface area contributed by atoms with Crippen LogP contribution in [0.1, 0.15) is 36.8 Å². The number of carbonyl (C=O) groups excluding carboxylic acids is 1. The molecule has 9 heteroatoms. The van der Waals surface area contributed by atoms with E-state index in [1.165, 1.54) is 24.1 Å². The van der Waals surface area contributed by atoms with Crippen LogP contribution in [0, 0.1) is 5.92 Å². The Balaban J connectivity index is 1.42. The summed E-state index contributed by atoms with van der Waals surface area (Å²) in [6.07, 6.45) is 5.09. The van der Waals surface area contributed by atoms with Gasteiger partial charge in [0.25, 0.3) is 0 Å². The Bertz CT molecular complexity index is 1140. The molecule has 1 fully saturated rings. The molecule has 1 aliphatic heterocycles. The van der Waals surface area contributed by atoms with E-state index in [1.54, 1.807) is 18.2 Å². The zero-order chi connectivity index (χ0) is 23.6. The van der Waals surface area contributed by atoms with Gasteiger partial charge < -0.3 is 14.8 Å². The first-order valence-corrected chi connectivity index (χ1v) is 13.0. The highest BCUT2D eigenvalue weighted by atomic mass is 35.5. The van der Waals surface area contributed by atoms with Crippen molar-refractivity contribution < 1.29 is 22.7 Å². The van der Waals surface area contributed by atoms with Crippen molar-refractivity contribution in [3.05, 3.63) is 46.5 Å². The largest absolute Gasteiger partial charge is 0.495 e.